The lowest BCUT2D eigenvalue weighted by Gasteiger charge is -2.09. The molecule has 1 amide bonds. The fourth-order valence-electron chi connectivity index (χ4n) is 2.39. The molecule has 2 N–H and O–H groups in total. The van der Waals surface area contributed by atoms with Crippen molar-refractivity contribution in [1.82, 2.24) is 5.32 Å². The molecule has 0 spiro atoms. The Morgan fingerprint density at radius 1 is 1.23 bits per heavy atom. The van der Waals surface area contributed by atoms with Crippen LogP contribution in [0.4, 0.5) is 11.4 Å². The first-order valence-electron chi connectivity index (χ1n) is 8.07. The number of nitrogens with zero attached hydrogens (tertiary/aromatic N) is 1. The fraction of sp³-hybridized carbons (Fsp3) is 0.278. The van der Waals surface area contributed by atoms with E-state index in [-0.39, 0.29) is 11.6 Å². The van der Waals surface area contributed by atoms with E-state index in [2.05, 4.69) is 26.6 Å². The van der Waals surface area contributed by atoms with Gasteiger partial charge >= 0.3 is 0 Å². The topological polar surface area (TPSA) is 93.5 Å². The number of rotatable bonds is 9. The van der Waals surface area contributed by atoms with E-state index < -0.39 is 4.92 Å². The van der Waals surface area contributed by atoms with E-state index in [4.69, 9.17) is 4.74 Å². The number of nitro benzene ring substituents is 1. The minimum absolute atomic E-state index is 0.0175. The number of ether oxygens (including phenoxy) is 1. The Hall–Kier alpha value is -2.61. The number of hydrogen-bond acceptors (Lipinski definition) is 5. The Kier molecular flexibility index (Phi) is 7.40. The maximum atomic E-state index is 11.9. The van der Waals surface area contributed by atoms with Crippen LogP contribution in [0, 0.1) is 10.1 Å². The Morgan fingerprint density at radius 2 is 2.00 bits per heavy atom. The van der Waals surface area contributed by atoms with Crippen LogP contribution in [0.15, 0.2) is 46.9 Å². The molecule has 2 aromatic carbocycles. The van der Waals surface area contributed by atoms with E-state index in [0.717, 1.165) is 15.8 Å². The van der Waals surface area contributed by atoms with Gasteiger partial charge in [0.05, 0.1) is 16.5 Å². The summed E-state index contributed by atoms with van der Waals surface area (Å²) < 4.78 is 6.03. The number of hydrogen-bond donors (Lipinski definition) is 2. The number of methoxy groups -OCH3 is 1. The molecule has 2 aromatic rings. The number of halogens is 1. The van der Waals surface area contributed by atoms with E-state index in [1.807, 2.05) is 18.2 Å². The van der Waals surface area contributed by atoms with Crippen LogP contribution in [-0.2, 0) is 11.2 Å². The van der Waals surface area contributed by atoms with Gasteiger partial charge in [0, 0.05) is 25.6 Å². The van der Waals surface area contributed by atoms with Gasteiger partial charge in [-0.2, -0.15) is 0 Å². The number of benzene rings is 2. The summed E-state index contributed by atoms with van der Waals surface area (Å²) in [6.45, 7) is 0.794. The van der Waals surface area contributed by atoms with Crippen molar-refractivity contribution in [2.24, 2.45) is 0 Å². The quantitative estimate of drug-likeness (QED) is 0.367. The third-order valence-electron chi connectivity index (χ3n) is 3.72. The van der Waals surface area contributed by atoms with Crippen LogP contribution >= 0.6 is 15.9 Å². The third kappa shape index (κ3) is 5.73. The molecule has 0 fully saturated rings. The lowest BCUT2D eigenvalue weighted by Crippen LogP contribution is -2.29. The maximum Gasteiger partial charge on any atom is 0.292 e. The number of amides is 1. The first kappa shape index (κ1) is 19.7. The summed E-state index contributed by atoms with van der Waals surface area (Å²) in [4.78, 5) is 22.4. The predicted octanol–water partition coefficient (Wildman–Crippen LogP) is 3.53. The van der Waals surface area contributed by atoms with Crippen molar-refractivity contribution in [3.8, 4) is 5.75 Å². The zero-order chi connectivity index (χ0) is 18.9. The molecule has 0 aromatic heterocycles. The molecular formula is C18H20BrN3O4. The lowest BCUT2D eigenvalue weighted by molar-refractivity contribution is -0.384. The van der Waals surface area contributed by atoms with Gasteiger partial charge in [-0.05, 0) is 46.1 Å². The molecule has 0 aliphatic carbocycles. The van der Waals surface area contributed by atoms with Crippen LogP contribution < -0.4 is 15.4 Å². The van der Waals surface area contributed by atoms with Crippen molar-refractivity contribution in [3.63, 3.8) is 0 Å². The van der Waals surface area contributed by atoms with Gasteiger partial charge in [-0.25, -0.2) is 0 Å². The van der Waals surface area contributed by atoms with Crippen LogP contribution in [0.1, 0.15) is 12.0 Å². The van der Waals surface area contributed by atoms with Crippen molar-refractivity contribution < 1.29 is 14.5 Å². The average molecular weight is 422 g/mol. The van der Waals surface area contributed by atoms with E-state index >= 15 is 0 Å². The van der Waals surface area contributed by atoms with Crippen LogP contribution in [0.5, 0.6) is 5.75 Å². The predicted molar refractivity (Wildman–Crippen MR) is 104 cm³/mol. The molecule has 0 radical (unpaired) electrons. The van der Waals surface area contributed by atoms with Gasteiger partial charge < -0.3 is 15.4 Å². The molecule has 26 heavy (non-hydrogen) atoms. The van der Waals surface area contributed by atoms with Crippen LogP contribution in [0.25, 0.3) is 0 Å². The minimum Gasteiger partial charge on any atom is -0.496 e. The maximum absolute atomic E-state index is 11.9. The van der Waals surface area contributed by atoms with Gasteiger partial charge in [-0.1, -0.05) is 18.2 Å². The number of nitrogens with one attached hydrogen (secondary N) is 2. The van der Waals surface area contributed by atoms with Crippen LogP contribution in [0.2, 0.25) is 0 Å². The molecule has 138 valence electrons. The number of para-hydroxylation sites is 2. The first-order valence-corrected chi connectivity index (χ1v) is 8.87. The number of anilines is 1. The van der Waals surface area contributed by atoms with Crippen molar-refractivity contribution >= 4 is 33.2 Å². The Bertz CT molecular complexity index is 783. The Morgan fingerprint density at radius 3 is 2.69 bits per heavy atom. The van der Waals surface area contributed by atoms with E-state index in [0.29, 0.717) is 31.6 Å². The molecular weight excluding hydrogens is 402 g/mol. The van der Waals surface area contributed by atoms with Crippen molar-refractivity contribution in [3.05, 3.63) is 62.6 Å². The van der Waals surface area contributed by atoms with Crippen molar-refractivity contribution in [1.29, 1.82) is 0 Å². The second-order valence-electron chi connectivity index (χ2n) is 5.52. The van der Waals surface area contributed by atoms with Crippen molar-refractivity contribution in [2.75, 3.05) is 25.5 Å². The summed E-state index contributed by atoms with van der Waals surface area (Å²) >= 11 is 3.42. The van der Waals surface area contributed by atoms with Gasteiger partial charge in [0.15, 0.2) is 0 Å². The first-order chi connectivity index (χ1) is 12.5. The number of carbonyl (C=O) groups is 1. The summed E-state index contributed by atoms with van der Waals surface area (Å²) in [5.74, 6) is 0.681. The molecule has 8 heteroatoms. The second-order valence-corrected chi connectivity index (χ2v) is 6.37. The molecule has 0 heterocycles. The molecule has 0 saturated heterocycles. The van der Waals surface area contributed by atoms with Gasteiger partial charge in [0.2, 0.25) is 5.91 Å². The SMILES string of the molecule is COc1ccc(CCC(=O)NCCNc2ccccc2[N+](=O)[O-])cc1Br. The summed E-state index contributed by atoms with van der Waals surface area (Å²) in [5, 5.41) is 16.7. The molecule has 0 atom stereocenters. The molecule has 2 rings (SSSR count). The monoisotopic (exact) mass is 421 g/mol. The highest BCUT2D eigenvalue weighted by Gasteiger charge is 2.11. The zero-order valence-electron chi connectivity index (χ0n) is 14.3. The number of aryl methyl sites for hydroxylation is 1. The number of nitro groups is 1. The van der Waals surface area contributed by atoms with Gasteiger partial charge in [-0.3, -0.25) is 14.9 Å². The van der Waals surface area contributed by atoms with E-state index in [1.165, 1.54) is 6.07 Å². The summed E-state index contributed by atoms with van der Waals surface area (Å²) in [7, 11) is 1.60. The molecule has 0 unspecified atom stereocenters. The van der Waals surface area contributed by atoms with Crippen LogP contribution in [0.3, 0.4) is 0 Å². The van der Waals surface area contributed by atoms with Crippen LogP contribution in [-0.4, -0.2) is 31.0 Å². The van der Waals surface area contributed by atoms with Gasteiger partial charge in [-0.15, -0.1) is 0 Å². The normalized spacial score (nSPS) is 10.2. The highest BCUT2D eigenvalue weighted by Crippen LogP contribution is 2.26. The van der Waals surface area contributed by atoms with E-state index in [9.17, 15) is 14.9 Å². The molecule has 0 saturated carbocycles. The van der Waals surface area contributed by atoms with Gasteiger partial charge in [0.25, 0.3) is 5.69 Å². The summed E-state index contributed by atoms with van der Waals surface area (Å²) in [6.07, 6.45) is 0.982. The summed E-state index contributed by atoms with van der Waals surface area (Å²) in [5.41, 5.74) is 1.49. The highest BCUT2D eigenvalue weighted by atomic mass is 79.9. The van der Waals surface area contributed by atoms with E-state index in [1.54, 1.807) is 25.3 Å². The molecule has 7 nitrogen and oxygen atoms in total. The van der Waals surface area contributed by atoms with Crippen molar-refractivity contribution in [2.45, 2.75) is 12.8 Å². The zero-order valence-corrected chi connectivity index (χ0v) is 15.9. The highest BCUT2D eigenvalue weighted by molar-refractivity contribution is 9.10. The lowest BCUT2D eigenvalue weighted by atomic mass is 10.1. The Balaban J connectivity index is 1.73. The third-order valence-corrected chi connectivity index (χ3v) is 4.34. The molecule has 0 aliphatic rings. The summed E-state index contributed by atoms with van der Waals surface area (Å²) in [6, 6.07) is 12.1. The molecule has 0 bridgehead atoms. The standard InChI is InChI=1S/C18H20BrN3O4/c1-26-17-8-6-13(12-14(17)19)7-9-18(23)21-11-10-20-15-4-2-3-5-16(15)22(24)25/h2-6,8,12,20H,7,9-11H2,1H3,(H,21,23). The number of carbonyl (C=O) groups excluding carboxylic acids is 1. The Labute approximate surface area is 160 Å². The fourth-order valence-corrected chi connectivity index (χ4v) is 2.98. The smallest absolute Gasteiger partial charge is 0.292 e. The molecule has 0 aliphatic heterocycles. The second kappa shape index (κ2) is 9.76. The largest absolute Gasteiger partial charge is 0.496 e. The minimum atomic E-state index is -0.437. The van der Waals surface area contributed by atoms with Gasteiger partial charge in [0.1, 0.15) is 11.4 Å². The average Bonchev–Trinajstić information content (AvgIpc) is 2.64.